The van der Waals surface area contributed by atoms with Crippen LogP contribution in [0, 0.1) is 0 Å². The summed E-state index contributed by atoms with van der Waals surface area (Å²) in [4.78, 5) is 0. The van der Waals surface area contributed by atoms with Crippen LogP contribution in [-0.4, -0.2) is 17.6 Å². The lowest BCUT2D eigenvalue weighted by atomic mass is 11.0. The van der Waals surface area contributed by atoms with E-state index in [9.17, 15) is 0 Å². The van der Waals surface area contributed by atoms with Crippen LogP contribution < -0.4 is 5.53 Å². The Morgan fingerprint density at radius 3 is 2.71 bits per heavy atom. The van der Waals surface area contributed by atoms with Gasteiger partial charge in [0.05, 0.1) is 0 Å². The van der Waals surface area contributed by atoms with Crippen LogP contribution in [0.1, 0.15) is 0 Å². The smallest absolute Gasteiger partial charge is 0.186 e. The van der Waals surface area contributed by atoms with Crippen LogP contribution in [0.15, 0.2) is 10.3 Å². The summed E-state index contributed by atoms with van der Waals surface area (Å²) in [7, 11) is 1.82. The van der Waals surface area contributed by atoms with Crippen LogP contribution in [0.5, 0.6) is 0 Å². The Kier molecular flexibility index (Phi) is 1.16. The molecule has 0 amide bonds. The van der Waals surface area contributed by atoms with Gasteiger partial charge < -0.3 is 0 Å². The monoisotopic (exact) mass is 118 g/mol. The van der Waals surface area contributed by atoms with E-state index in [0.29, 0.717) is 0 Å². The first-order valence-corrected chi connectivity index (χ1v) is 2.39. The second-order valence-corrected chi connectivity index (χ2v) is 1.73. The van der Waals surface area contributed by atoms with E-state index >= 15 is 0 Å². The van der Waals surface area contributed by atoms with Crippen LogP contribution in [-0.2, 0) is 0 Å². The van der Waals surface area contributed by atoms with Gasteiger partial charge >= 0.3 is 0 Å². The summed E-state index contributed by atoms with van der Waals surface area (Å²) in [6.07, 6.45) is 0. The fourth-order valence-electron chi connectivity index (χ4n) is 0.277. The summed E-state index contributed by atoms with van der Waals surface area (Å²) in [6, 6.07) is 0. The summed E-state index contributed by atoms with van der Waals surface area (Å²) >= 11 is 3.99. The van der Waals surface area contributed by atoms with Crippen molar-refractivity contribution in [3.8, 4) is 0 Å². The van der Waals surface area contributed by atoms with Gasteiger partial charge in [0.1, 0.15) is 0 Å². The van der Waals surface area contributed by atoms with Crippen LogP contribution >= 0.6 is 12.6 Å². The summed E-state index contributed by atoms with van der Waals surface area (Å²) < 4.78 is 0. The van der Waals surface area contributed by atoms with E-state index in [2.05, 4.69) is 28.5 Å². The molecule has 0 aromatic heterocycles. The second-order valence-electron chi connectivity index (χ2n) is 1.27. The molecule has 40 valence electrons. The SMILES string of the molecule is CN1NN=NC1S. The minimum absolute atomic E-state index is 0.111. The first-order chi connectivity index (χ1) is 3.30. The van der Waals surface area contributed by atoms with Crippen LogP contribution in [0.4, 0.5) is 0 Å². The predicted octanol–water partition coefficient (Wildman–Crippen LogP) is 0.0170. The zero-order valence-corrected chi connectivity index (χ0v) is 4.76. The standard InChI is InChI=1S/C2H6N4S/c1-6-2(7)3-4-5-6/h2,7H,1H3,(H,3,5). The van der Waals surface area contributed by atoms with Crippen molar-refractivity contribution in [3.05, 3.63) is 0 Å². The molecule has 1 aliphatic rings. The van der Waals surface area contributed by atoms with E-state index in [0.717, 1.165) is 0 Å². The first-order valence-electron chi connectivity index (χ1n) is 1.87. The lowest BCUT2D eigenvalue weighted by Gasteiger charge is -2.07. The number of hydrogen-bond donors (Lipinski definition) is 2. The summed E-state index contributed by atoms with van der Waals surface area (Å²) in [6.45, 7) is 0. The van der Waals surface area contributed by atoms with Gasteiger partial charge in [0.15, 0.2) is 5.50 Å². The Hall–Kier alpha value is -0.290. The molecule has 0 aromatic rings. The van der Waals surface area contributed by atoms with Gasteiger partial charge in [-0.1, -0.05) is 5.22 Å². The fraction of sp³-hybridized carbons (Fsp3) is 1.00. The Labute approximate surface area is 47.0 Å². The zero-order chi connectivity index (χ0) is 5.28. The fourth-order valence-corrected chi connectivity index (χ4v) is 0.380. The molecular formula is C2H6N4S. The van der Waals surface area contributed by atoms with Crippen LogP contribution in [0.2, 0.25) is 0 Å². The molecule has 1 unspecified atom stereocenters. The highest BCUT2D eigenvalue weighted by Crippen LogP contribution is 2.04. The third kappa shape index (κ3) is 0.834. The van der Waals surface area contributed by atoms with E-state index in [1.807, 2.05) is 7.05 Å². The quantitative estimate of drug-likeness (QED) is 0.440. The minimum atomic E-state index is -0.111. The number of rotatable bonds is 0. The third-order valence-electron chi connectivity index (χ3n) is 0.710. The number of nitrogens with one attached hydrogen (secondary N) is 1. The van der Waals surface area contributed by atoms with Gasteiger partial charge in [-0.25, -0.2) is 5.53 Å². The average Bonchev–Trinajstić information content (AvgIpc) is 1.91. The van der Waals surface area contributed by atoms with Gasteiger partial charge in [0, 0.05) is 7.05 Å². The van der Waals surface area contributed by atoms with Crippen molar-refractivity contribution in [3.63, 3.8) is 0 Å². The molecule has 1 aliphatic heterocycles. The Balaban J connectivity index is 2.45. The van der Waals surface area contributed by atoms with E-state index in [1.54, 1.807) is 5.01 Å². The van der Waals surface area contributed by atoms with Crippen molar-refractivity contribution < 1.29 is 0 Å². The molecule has 7 heavy (non-hydrogen) atoms. The van der Waals surface area contributed by atoms with Gasteiger partial charge in [0.2, 0.25) is 0 Å². The number of hydrogen-bond acceptors (Lipinski definition) is 5. The maximum atomic E-state index is 3.99. The van der Waals surface area contributed by atoms with Crippen LogP contribution in [0.25, 0.3) is 0 Å². The molecule has 0 saturated carbocycles. The number of nitrogens with zero attached hydrogens (tertiary/aromatic N) is 3. The highest BCUT2D eigenvalue weighted by Gasteiger charge is 2.11. The molecule has 5 heteroatoms. The summed E-state index contributed by atoms with van der Waals surface area (Å²) in [5.41, 5.74) is 2.47. The van der Waals surface area contributed by atoms with Crippen molar-refractivity contribution in [1.29, 1.82) is 0 Å². The number of hydrazine groups is 1. The molecule has 1 heterocycles. The molecule has 1 atom stereocenters. The molecule has 0 saturated heterocycles. The third-order valence-corrected chi connectivity index (χ3v) is 1.16. The summed E-state index contributed by atoms with van der Waals surface area (Å²) in [5.74, 6) is 0. The largest absolute Gasteiger partial charge is 0.219 e. The molecule has 0 radical (unpaired) electrons. The Morgan fingerprint density at radius 2 is 2.57 bits per heavy atom. The molecular weight excluding hydrogens is 112 g/mol. The first kappa shape index (κ1) is 4.86. The highest BCUT2D eigenvalue weighted by atomic mass is 32.1. The number of thiol groups is 1. The molecule has 0 aromatic carbocycles. The topological polar surface area (TPSA) is 40.0 Å². The Morgan fingerprint density at radius 1 is 1.86 bits per heavy atom. The van der Waals surface area contributed by atoms with E-state index in [1.165, 1.54) is 0 Å². The molecule has 4 nitrogen and oxygen atoms in total. The molecule has 1 N–H and O–H groups in total. The van der Waals surface area contributed by atoms with Gasteiger partial charge in [-0.15, -0.1) is 17.7 Å². The van der Waals surface area contributed by atoms with E-state index in [-0.39, 0.29) is 5.50 Å². The van der Waals surface area contributed by atoms with Crippen molar-refractivity contribution in [2.24, 2.45) is 10.3 Å². The van der Waals surface area contributed by atoms with Gasteiger partial charge in [-0.2, -0.15) is 5.01 Å². The lowest BCUT2D eigenvalue weighted by molar-refractivity contribution is 0.277. The van der Waals surface area contributed by atoms with Gasteiger partial charge in [-0.05, 0) is 0 Å². The molecule has 0 fully saturated rings. The van der Waals surface area contributed by atoms with Crippen molar-refractivity contribution in [2.45, 2.75) is 5.50 Å². The Bertz CT molecular complexity index is 91.7. The second kappa shape index (κ2) is 1.67. The van der Waals surface area contributed by atoms with Crippen molar-refractivity contribution in [1.82, 2.24) is 10.5 Å². The maximum absolute atomic E-state index is 3.99. The highest BCUT2D eigenvalue weighted by molar-refractivity contribution is 7.80. The van der Waals surface area contributed by atoms with Crippen molar-refractivity contribution >= 4 is 12.6 Å². The molecule has 0 bridgehead atoms. The van der Waals surface area contributed by atoms with E-state index < -0.39 is 0 Å². The van der Waals surface area contributed by atoms with Crippen LogP contribution in [0.3, 0.4) is 0 Å². The molecule has 1 rings (SSSR count). The van der Waals surface area contributed by atoms with Crippen molar-refractivity contribution in [2.75, 3.05) is 7.05 Å². The van der Waals surface area contributed by atoms with Gasteiger partial charge in [-0.3, -0.25) is 0 Å². The maximum Gasteiger partial charge on any atom is 0.186 e. The predicted molar refractivity (Wildman–Crippen MR) is 28.5 cm³/mol. The molecule has 0 aliphatic carbocycles. The average molecular weight is 118 g/mol. The normalized spacial score (nSPS) is 30.9. The summed E-state index contributed by atoms with van der Waals surface area (Å²) in [5, 5.41) is 8.77. The van der Waals surface area contributed by atoms with Gasteiger partial charge in [0.25, 0.3) is 0 Å². The lowest BCUT2D eigenvalue weighted by Crippen LogP contribution is -2.29. The minimum Gasteiger partial charge on any atom is -0.219 e. The molecule has 0 spiro atoms. The zero-order valence-electron chi connectivity index (χ0n) is 3.87. The van der Waals surface area contributed by atoms with E-state index in [4.69, 9.17) is 0 Å².